The molecule has 2 aromatic rings. The highest BCUT2D eigenvalue weighted by Crippen LogP contribution is 2.34. The van der Waals surface area contributed by atoms with Crippen molar-refractivity contribution in [2.24, 2.45) is 0 Å². The summed E-state index contributed by atoms with van der Waals surface area (Å²) in [5, 5.41) is 14.3. The van der Waals surface area contributed by atoms with Gasteiger partial charge in [0.05, 0.1) is 7.11 Å². The number of methoxy groups -OCH3 is 1. The molecule has 3 heteroatoms. The SMILES string of the molecule is COc1c(C(O)c2ccsc2)ccc(C)c1C. The van der Waals surface area contributed by atoms with Gasteiger partial charge in [-0.05, 0) is 47.4 Å². The zero-order valence-electron chi connectivity index (χ0n) is 10.2. The van der Waals surface area contributed by atoms with Gasteiger partial charge in [-0.3, -0.25) is 0 Å². The fraction of sp³-hybridized carbons (Fsp3) is 0.286. The molecule has 1 atom stereocenters. The number of thiophene rings is 1. The molecular formula is C14H16O2S. The molecule has 1 heterocycles. The first kappa shape index (κ1) is 12.1. The first-order valence-electron chi connectivity index (χ1n) is 5.49. The summed E-state index contributed by atoms with van der Waals surface area (Å²) in [4.78, 5) is 0. The largest absolute Gasteiger partial charge is 0.496 e. The van der Waals surface area contributed by atoms with Gasteiger partial charge in [-0.2, -0.15) is 11.3 Å². The van der Waals surface area contributed by atoms with Crippen LogP contribution in [-0.4, -0.2) is 12.2 Å². The Morgan fingerprint density at radius 3 is 2.59 bits per heavy atom. The molecule has 0 aliphatic carbocycles. The number of hydrogen-bond acceptors (Lipinski definition) is 3. The highest BCUT2D eigenvalue weighted by molar-refractivity contribution is 7.07. The molecular weight excluding hydrogens is 232 g/mol. The minimum Gasteiger partial charge on any atom is -0.496 e. The van der Waals surface area contributed by atoms with Gasteiger partial charge in [-0.15, -0.1) is 0 Å². The van der Waals surface area contributed by atoms with Gasteiger partial charge in [0.2, 0.25) is 0 Å². The Labute approximate surface area is 105 Å². The highest BCUT2D eigenvalue weighted by atomic mass is 32.1. The Kier molecular flexibility index (Phi) is 3.50. The lowest BCUT2D eigenvalue weighted by Gasteiger charge is -2.17. The number of ether oxygens (including phenoxy) is 1. The minimum atomic E-state index is -0.615. The van der Waals surface area contributed by atoms with Crippen LogP contribution < -0.4 is 4.74 Å². The van der Waals surface area contributed by atoms with Crippen LogP contribution in [0.2, 0.25) is 0 Å². The molecule has 0 amide bonds. The molecule has 90 valence electrons. The van der Waals surface area contributed by atoms with E-state index in [2.05, 4.69) is 0 Å². The average molecular weight is 248 g/mol. The summed E-state index contributed by atoms with van der Waals surface area (Å²) in [7, 11) is 1.64. The van der Waals surface area contributed by atoms with E-state index >= 15 is 0 Å². The molecule has 0 bridgehead atoms. The van der Waals surface area contributed by atoms with Gasteiger partial charge < -0.3 is 9.84 Å². The number of aryl methyl sites for hydroxylation is 1. The van der Waals surface area contributed by atoms with E-state index in [1.807, 2.05) is 42.8 Å². The number of benzene rings is 1. The maximum Gasteiger partial charge on any atom is 0.128 e. The van der Waals surface area contributed by atoms with Crippen molar-refractivity contribution >= 4 is 11.3 Å². The summed E-state index contributed by atoms with van der Waals surface area (Å²) >= 11 is 1.58. The second kappa shape index (κ2) is 4.90. The van der Waals surface area contributed by atoms with Crippen LogP contribution in [0.4, 0.5) is 0 Å². The molecule has 17 heavy (non-hydrogen) atoms. The van der Waals surface area contributed by atoms with Crippen molar-refractivity contribution in [3.05, 3.63) is 51.2 Å². The molecule has 0 saturated carbocycles. The van der Waals surface area contributed by atoms with E-state index in [1.165, 1.54) is 5.56 Å². The van der Waals surface area contributed by atoms with Gasteiger partial charge in [-0.1, -0.05) is 12.1 Å². The molecule has 2 nitrogen and oxygen atoms in total. The monoisotopic (exact) mass is 248 g/mol. The Hall–Kier alpha value is -1.32. The second-order valence-electron chi connectivity index (χ2n) is 4.09. The van der Waals surface area contributed by atoms with Crippen LogP contribution in [0.3, 0.4) is 0 Å². The van der Waals surface area contributed by atoms with Crippen molar-refractivity contribution < 1.29 is 9.84 Å². The van der Waals surface area contributed by atoms with Gasteiger partial charge in [-0.25, -0.2) is 0 Å². The predicted molar refractivity (Wildman–Crippen MR) is 70.8 cm³/mol. The van der Waals surface area contributed by atoms with Crippen LogP contribution in [0.15, 0.2) is 29.0 Å². The van der Waals surface area contributed by atoms with Crippen LogP contribution in [0.25, 0.3) is 0 Å². The standard InChI is InChI=1S/C14H16O2S/c1-9-4-5-12(14(16-3)10(9)2)13(15)11-6-7-17-8-11/h4-8,13,15H,1-3H3. The Morgan fingerprint density at radius 2 is 2.00 bits per heavy atom. The minimum absolute atomic E-state index is 0.615. The zero-order chi connectivity index (χ0) is 12.4. The lowest BCUT2D eigenvalue weighted by Crippen LogP contribution is -2.03. The van der Waals surface area contributed by atoms with E-state index < -0.39 is 6.10 Å². The maximum atomic E-state index is 10.3. The van der Waals surface area contributed by atoms with E-state index in [0.29, 0.717) is 0 Å². The van der Waals surface area contributed by atoms with E-state index in [-0.39, 0.29) is 0 Å². The molecule has 0 radical (unpaired) electrons. The first-order valence-corrected chi connectivity index (χ1v) is 6.43. The molecule has 1 N–H and O–H groups in total. The van der Waals surface area contributed by atoms with Crippen molar-refractivity contribution in [2.75, 3.05) is 7.11 Å². The predicted octanol–water partition coefficient (Wildman–Crippen LogP) is 3.46. The second-order valence-corrected chi connectivity index (χ2v) is 4.87. The average Bonchev–Trinajstić information content (AvgIpc) is 2.85. The third kappa shape index (κ3) is 2.21. The molecule has 1 unspecified atom stereocenters. The molecule has 0 saturated heterocycles. The third-order valence-corrected chi connectivity index (χ3v) is 3.77. The smallest absolute Gasteiger partial charge is 0.128 e. The molecule has 1 aromatic carbocycles. The first-order chi connectivity index (χ1) is 8.15. The van der Waals surface area contributed by atoms with Crippen LogP contribution in [0, 0.1) is 13.8 Å². The van der Waals surface area contributed by atoms with Crippen molar-refractivity contribution in [3.63, 3.8) is 0 Å². The van der Waals surface area contributed by atoms with E-state index in [9.17, 15) is 5.11 Å². The fourth-order valence-electron chi connectivity index (χ4n) is 1.91. The van der Waals surface area contributed by atoms with Crippen LogP contribution in [0.5, 0.6) is 5.75 Å². The third-order valence-electron chi connectivity index (χ3n) is 3.06. The van der Waals surface area contributed by atoms with Gasteiger partial charge in [0.1, 0.15) is 11.9 Å². The van der Waals surface area contributed by atoms with Crippen molar-refractivity contribution in [1.29, 1.82) is 0 Å². The fourth-order valence-corrected chi connectivity index (χ4v) is 2.59. The summed E-state index contributed by atoms with van der Waals surface area (Å²) < 4.78 is 5.42. The van der Waals surface area contributed by atoms with Crippen LogP contribution in [-0.2, 0) is 0 Å². The van der Waals surface area contributed by atoms with Crippen LogP contribution >= 0.6 is 11.3 Å². The summed E-state index contributed by atoms with van der Waals surface area (Å²) in [5.74, 6) is 0.781. The highest BCUT2D eigenvalue weighted by Gasteiger charge is 2.17. The number of rotatable bonds is 3. The van der Waals surface area contributed by atoms with Crippen molar-refractivity contribution in [1.82, 2.24) is 0 Å². The van der Waals surface area contributed by atoms with E-state index in [0.717, 1.165) is 22.4 Å². The van der Waals surface area contributed by atoms with E-state index in [1.54, 1.807) is 18.4 Å². The zero-order valence-corrected chi connectivity index (χ0v) is 11.0. The number of aliphatic hydroxyl groups is 1. The quantitative estimate of drug-likeness (QED) is 0.901. The van der Waals surface area contributed by atoms with Gasteiger partial charge >= 0.3 is 0 Å². The summed E-state index contributed by atoms with van der Waals surface area (Å²) in [6.07, 6.45) is -0.615. The molecule has 0 aliphatic heterocycles. The van der Waals surface area contributed by atoms with Gasteiger partial charge in [0.15, 0.2) is 0 Å². The van der Waals surface area contributed by atoms with Gasteiger partial charge in [0, 0.05) is 5.56 Å². The Morgan fingerprint density at radius 1 is 1.24 bits per heavy atom. The summed E-state index contributed by atoms with van der Waals surface area (Å²) in [6, 6.07) is 5.89. The molecule has 0 aliphatic rings. The van der Waals surface area contributed by atoms with Crippen molar-refractivity contribution in [2.45, 2.75) is 20.0 Å². The topological polar surface area (TPSA) is 29.5 Å². The normalized spacial score (nSPS) is 12.5. The lowest BCUT2D eigenvalue weighted by atomic mass is 9.98. The lowest BCUT2D eigenvalue weighted by molar-refractivity contribution is 0.215. The summed E-state index contributed by atoms with van der Waals surface area (Å²) in [5.41, 5.74) is 3.99. The number of aliphatic hydroxyl groups excluding tert-OH is 1. The molecule has 0 fully saturated rings. The summed E-state index contributed by atoms with van der Waals surface area (Å²) in [6.45, 7) is 4.05. The molecule has 2 rings (SSSR count). The Bertz CT molecular complexity index is 503. The van der Waals surface area contributed by atoms with Gasteiger partial charge in [0.25, 0.3) is 0 Å². The van der Waals surface area contributed by atoms with Crippen LogP contribution in [0.1, 0.15) is 28.4 Å². The maximum absolute atomic E-state index is 10.3. The molecule has 1 aromatic heterocycles. The Balaban J connectivity index is 2.49. The van der Waals surface area contributed by atoms with E-state index in [4.69, 9.17) is 4.74 Å². The number of hydrogen-bond donors (Lipinski definition) is 1. The molecule has 0 spiro atoms. The van der Waals surface area contributed by atoms with Crippen molar-refractivity contribution in [3.8, 4) is 5.75 Å².